The number of alkyl halides is 3. The van der Waals surface area contributed by atoms with Gasteiger partial charge in [-0.3, -0.25) is 0 Å². The van der Waals surface area contributed by atoms with E-state index in [1.807, 2.05) is 0 Å². The molecule has 0 saturated carbocycles. The number of anilines is 2. The van der Waals surface area contributed by atoms with Crippen LogP contribution < -0.4 is 10.1 Å². The van der Waals surface area contributed by atoms with Crippen LogP contribution in [0.3, 0.4) is 0 Å². The molecular formula is C12H8BrF3N2O. The molecule has 1 N–H and O–H groups in total. The van der Waals surface area contributed by atoms with Gasteiger partial charge in [0.05, 0.1) is 4.47 Å². The number of hydrogen-bond acceptors (Lipinski definition) is 3. The van der Waals surface area contributed by atoms with Crippen molar-refractivity contribution in [3.05, 3.63) is 47.1 Å². The Bertz CT molecular complexity index is 575. The Labute approximate surface area is 115 Å². The second kappa shape index (κ2) is 5.48. The monoisotopic (exact) mass is 332 g/mol. The van der Waals surface area contributed by atoms with Crippen molar-refractivity contribution >= 4 is 27.4 Å². The summed E-state index contributed by atoms with van der Waals surface area (Å²) >= 11 is 3.28. The molecule has 0 amide bonds. The minimum Gasteiger partial charge on any atom is -0.406 e. The highest BCUT2D eigenvalue weighted by Crippen LogP contribution is 2.28. The van der Waals surface area contributed by atoms with Gasteiger partial charge in [0.2, 0.25) is 0 Å². The number of halogens is 4. The van der Waals surface area contributed by atoms with Crippen molar-refractivity contribution in [3.8, 4) is 5.75 Å². The number of hydrogen-bond donors (Lipinski definition) is 1. The lowest BCUT2D eigenvalue weighted by molar-refractivity contribution is -0.274. The summed E-state index contributed by atoms with van der Waals surface area (Å²) < 4.78 is 40.8. The number of ether oxygens (including phenoxy) is 1. The van der Waals surface area contributed by atoms with Gasteiger partial charge in [-0.25, -0.2) is 4.98 Å². The van der Waals surface area contributed by atoms with Gasteiger partial charge in [0, 0.05) is 18.0 Å². The van der Waals surface area contributed by atoms with E-state index in [1.54, 1.807) is 24.4 Å². The highest BCUT2D eigenvalue weighted by Gasteiger charge is 2.31. The first-order valence-electron chi connectivity index (χ1n) is 5.17. The lowest BCUT2D eigenvalue weighted by Crippen LogP contribution is -2.17. The van der Waals surface area contributed by atoms with Crippen LogP contribution in [-0.2, 0) is 0 Å². The van der Waals surface area contributed by atoms with Crippen LogP contribution in [0.1, 0.15) is 0 Å². The van der Waals surface area contributed by atoms with E-state index in [9.17, 15) is 13.2 Å². The Balaban J connectivity index is 2.18. The third-order valence-electron chi connectivity index (χ3n) is 2.09. The van der Waals surface area contributed by atoms with E-state index in [0.717, 1.165) is 0 Å². The molecule has 0 radical (unpaired) electrons. The smallest absolute Gasteiger partial charge is 0.406 e. The Hall–Kier alpha value is -1.76. The van der Waals surface area contributed by atoms with Crippen molar-refractivity contribution in [1.29, 1.82) is 0 Å². The standard InChI is InChI=1S/C12H8BrF3N2O/c13-10-5-2-6-17-11(10)18-8-3-1-4-9(7-8)19-12(14,15)16/h1-7H,(H,17,18). The van der Waals surface area contributed by atoms with Crippen molar-refractivity contribution in [2.24, 2.45) is 0 Å². The van der Waals surface area contributed by atoms with E-state index in [1.165, 1.54) is 18.2 Å². The van der Waals surface area contributed by atoms with Gasteiger partial charge in [0.25, 0.3) is 0 Å². The van der Waals surface area contributed by atoms with Crippen LogP contribution in [0.4, 0.5) is 24.7 Å². The van der Waals surface area contributed by atoms with Crippen LogP contribution in [0.25, 0.3) is 0 Å². The third-order valence-corrected chi connectivity index (χ3v) is 2.73. The van der Waals surface area contributed by atoms with Gasteiger partial charge in [0.15, 0.2) is 0 Å². The minimum absolute atomic E-state index is 0.287. The minimum atomic E-state index is -4.70. The number of benzene rings is 1. The molecule has 3 nitrogen and oxygen atoms in total. The zero-order valence-corrected chi connectivity index (χ0v) is 11.0. The van der Waals surface area contributed by atoms with E-state index in [4.69, 9.17) is 0 Å². The average Bonchev–Trinajstić information content (AvgIpc) is 2.30. The second-order valence-corrected chi connectivity index (χ2v) is 4.39. The molecule has 0 unspecified atom stereocenters. The van der Waals surface area contributed by atoms with Crippen molar-refractivity contribution in [2.75, 3.05) is 5.32 Å². The zero-order valence-electron chi connectivity index (χ0n) is 9.41. The highest BCUT2D eigenvalue weighted by molar-refractivity contribution is 9.10. The Morgan fingerprint density at radius 2 is 1.95 bits per heavy atom. The topological polar surface area (TPSA) is 34.1 Å². The van der Waals surface area contributed by atoms with Crippen LogP contribution in [0.15, 0.2) is 47.1 Å². The molecule has 0 aliphatic rings. The fourth-order valence-corrected chi connectivity index (χ4v) is 1.74. The SMILES string of the molecule is FC(F)(F)Oc1cccc(Nc2ncccc2Br)c1. The first kappa shape index (κ1) is 13.7. The molecule has 1 heterocycles. The molecular weight excluding hydrogens is 325 g/mol. The predicted molar refractivity (Wildman–Crippen MR) is 68.3 cm³/mol. The maximum absolute atomic E-state index is 12.1. The van der Waals surface area contributed by atoms with Crippen LogP contribution in [0.2, 0.25) is 0 Å². The lowest BCUT2D eigenvalue weighted by atomic mass is 10.3. The van der Waals surface area contributed by atoms with Gasteiger partial charge in [-0.05, 0) is 40.2 Å². The number of nitrogens with one attached hydrogen (secondary N) is 1. The summed E-state index contributed by atoms with van der Waals surface area (Å²) in [6.07, 6.45) is -3.13. The summed E-state index contributed by atoms with van der Waals surface area (Å²) in [5.74, 6) is 0.219. The van der Waals surface area contributed by atoms with Gasteiger partial charge in [-0.2, -0.15) is 0 Å². The van der Waals surface area contributed by atoms with Gasteiger partial charge in [-0.1, -0.05) is 6.07 Å². The lowest BCUT2D eigenvalue weighted by Gasteiger charge is -2.11. The van der Waals surface area contributed by atoms with Crippen LogP contribution >= 0.6 is 15.9 Å². The van der Waals surface area contributed by atoms with Crippen molar-refractivity contribution < 1.29 is 17.9 Å². The van der Waals surface area contributed by atoms with Gasteiger partial charge < -0.3 is 10.1 Å². The van der Waals surface area contributed by atoms with E-state index in [-0.39, 0.29) is 5.75 Å². The number of pyridine rings is 1. The van der Waals surface area contributed by atoms with E-state index in [0.29, 0.717) is 16.0 Å². The van der Waals surface area contributed by atoms with Crippen molar-refractivity contribution in [3.63, 3.8) is 0 Å². The van der Waals surface area contributed by atoms with Crippen LogP contribution in [0.5, 0.6) is 5.75 Å². The zero-order chi connectivity index (χ0) is 13.9. The first-order chi connectivity index (χ1) is 8.94. The van der Waals surface area contributed by atoms with E-state index >= 15 is 0 Å². The van der Waals surface area contributed by atoms with Crippen LogP contribution in [-0.4, -0.2) is 11.3 Å². The summed E-state index contributed by atoms with van der Waals surface area (Å²) in [5, 5.41) is 2.89. The van der Waals surface area contributed by atoms with Gasteiger partial charge in [0.1, 0.15) is 11.6 Å². The summed E-state index contributed by atoms with van der Waals surface area (Å²) in [6.45, 7) is 0. The molecule has 0 aliphatic carbocycles. The second-order valence-electron chi connectivity index (χ2n) is 3.53. The quantitative estimate of drug-likeness (QED) is 0.899. The Morgan fingerprint density at radius 1 is 1.16 bits per heavy atom. The largest absolute Gasteiger partial charge is 0.573 e. The summed E-state index contributed by atoms with van der Waals surface area (Å²) in [7, 11) is 0. The molecule has 0 aliphatic heterocycles. The molecule has 1 aromatic heterocycles. The average molecular weight is 333 g/mol. The van der Waals surface area contributed by atoms with Crippen LogP contribution in [0, 0.1) is 0 Å². The molecule has 0 fully saturated rings. The van der Waals surface area contributed by atoms with Crippen molar-refractivity contribution in [2.45, 2.75) is 6.36 Å². The molecule has 100 valence electrons. The predicted octanol–water partition coefficient (Wildman–Crippen LogP) is 4.49. The summed E-state index contributed by atoms with van der Waals surface area (Å²) in [4.78, 5) is 4.06. The molecule has 0 bridgehead atoms. The van der Waals surface area contributed by atoms with E-state index < -0.39 is 6.36 Å². The Kier molecular flexibility index (Phi) is 3.94. The van der Waals surface area contributed by atoms with Crippen molar-refractivity contribution in [1.82, 2.24) is 4.98 Å². The molecule has 7 heteroatoms. The molecule has 0 saturated heterocycles. The third kappa shape index (κ3) is 4.13. The maximum atomic E-state index is 12.1. The Morgan fingerprint density at radius 3 is 2.63 bits per heavy atom. The fraction of sp³-hybridized carbons (Fsp3) is 0.0833. The molecule has 2 rings (SSSR count). The number of nitrogens with zero attached hydrogens (tertiary/aromatic N) is 1. The molecule has 19 heavy (non-hydrogen) atoms. The number of aromatic nitrogens is 1. The van der Waals surface area contributed by atoms with E-state index in [2.05, 4.69) is 31.0 Å². The normalized spacial score (nSPS) is 11.2. The summed E-state index contributed by atoms with van der Waals surface area (Å²) in [6, 6.07) is 9.05. The molecule has 0 atom stereocenters. The molecule has 0 spiro atoms. The first-order valence-corrected chi connectivity index (χ1v) is 5.97. The highest BCUT2D eigenvalue weighted by atomic mass is 79.9. The molecule has 1 aromatic carbocycles. The fourth-order valence-electron chi connectivity index (χ4n) is 1.39. The summed E-state index contributed by atoms with van der Waals surface area (Å²) in [5.41, 5.74) is 0.446. The number of rotatable bonds is 3. The van der Waals surface area contributed by atoms with Gasteiger partial charge >= 0.3 is 6.36 Å². The molecule has 2 aromatic rings. The maximum Gasteiger partial charge on any atom is 0.573 e. The van der Waals surface area contributed by atoms with Gasteiger partial charge in [-0.15, -0.1) is 13.2 Å².